The summed E-state index contributed by atoms with van der Waals surface area (Å²) >= 11 is 1.41. The van der Waals surface area contributed by atoms with E-state index in [1.165, 1.54) is 18.1 Å². The van der Waals surface area contributed by atoms with Gasteiger partial charge in [0.15, 0.2) is 0 Å². The van der Waals surface area contributed by atoms with Crippen LogP contribution in [0.5, 0.6) is 0 Å². The Balaban J connectivity index is 1.73. The van der Waals surface area contributed by atoms with Gasteiger partial charge in [-0.15, -0.1) is 0 Å². The van der Waals surface area contributed by atoms with Crippen molar-refractivity contribution in [3.8, 4) is 0 Å². The largest absolute Gasteiger partial charge is 0.361 e. The number of nitrogens with zero attached hydrogens (tertiary/aromatic N) is 4. The number of hydrogen-bond acceptors (Lipinski definition) is 7. The molecule has 0 spiro atoms. The van der Waals surface area contributed by atoms with Crippen LogP contribution in [0.15, 0.2) is 40.3 Å². The molecule has 0 atom stereocenters. The molecule has 0 unspecified atom stereocenters. The average Bonchev–Trinajstić information content (AvgIpc) is 3.17. The first kappa shape index (κ1) is 14.3. The van der Waals surface area contributed by atoms with Gasteiger partial charge in [-0.1, -0.05) is 16.9 Å². The minimum absolute atomic E-state index is 0.289. The summed E-state index contributed by atoms with van der Waals surface area (Å²) in [6, 6.07) is 5.26. The highest BCUT2D eigenvalue weighted by Crippen LogP contribution is 2.24. The molecule has 0 aliphatic rings. The fourth-order valence-corrected chi connectivity index (χ4v) is 2.62. The number of H-pyrrole nitrogens is 1. The zero-order valence-corrected chi connectivity index (χ0v) is 12.4. The van der Waals surface area contributed by atoms with Crippen LogP contribution in [-0.2, 0) is 5.75 Å². The fraction of sp³-hybridized carbons (Fsp3) is 0.154. The summed E-state index contributed by atoms with van der Waals surface area (Å²) in [5, 5.41) is 13.4. The van der Waals surface area contributed by atoms with Crippen LogP contribution in [-0.4, -0.2) is 31.2 Å². The molecule has 0 bridgehead atoms. The number of carbonyl (C=O) groups excluding carboxylic acids is 1. The number of thioether (sulfide) groups is 1. The van der Waals surface area contributed by atoms with Gasteiger partial charge in [0.1, 0.15) is 17.1 Å². The number of pyridine rings is 1. The first-order chi connectivity index (χ1) is 10.7. The molecule has 3 heterocycles. The molecule has 22 heavy (non-hydrogen) atoms. The van der Waals surface area contributed by atoms with Gasteiger partial charge in [-0.05, 0) is 19.1 Å². The van der Waals surface area contributed by atoms with E-state index in [4.69, 9.17) is 4.52 Å². The first-order valence-electron chi connectivity index (χ1n) is 6.39. The molecule has 1 amide bonds. The minimum atomic E-state index is -0.302. The zero-order chi connectivity index (χ0) is 15.4. The molecule has 0 aliphatic heterocycles. The topological polar surface area (TPSA) is 110 Å². The third-order valence-electron chi connectivity index (χ3n) is 2.70. The van der Waals surface area contributed by atoms with E-state index in [2.05, 4.69) is 30.6 Å². The minimum Gasteiger partial charge on any atom is -0.361 e. The Kier molecular flexibility index (Phi) is 4.15. The van der Waals surface area contributed by atoms with Crippen LogP contribution in [0, 0.1) is 6.92 Å². The summed E-state index contributed by atoms with van der Waals surface area (Å²) in [5.41, 5.74) is 1.26. The van der Waals surface area contributed by atoms with Crippen LogP contribution in [0.4, 0.5) is 5.95 Å². The molecule has 3 rings (SSSR count). The van der Waals surface area contributed by atoms with Crippen molar-refractivity contribution in [2.24, 2.45) is 0 Å². The molecule has 0 fully saturated rings. The van der Waals surface area contributed by atoms with Crippen LogP contribution in [0.2, 0.25) is 0 Å². The molecule has 0 aromatic carbocycles. The van der Waals surface area contributed by atoms with E-state index < -0.39 is 0 Å². The maximum absolute atomic E-state index is 12.3. The van der Waals surface area contributed by atoms with Crippen LogP contribution < -0.4 is 5.32 Å². The monoisotopic (exact) mass is 316 g/mol. The van der Waals surface area contributed by atoms with Gasteiger partial charge in [0.25, 0.3) is 5.91 Å². The lowest BCUT2D eigenvalue weighted by Gasteiger charge is -2.06. The second-order valence-electron chi connectivity index (χ2n) is 4.36. The van der Waals surface area contributed by atoms with Crippen LogP contribution >= 0.6 is 11.8 Å². The van der Waals surface area contributed by atoms with Crippen molar-refractivity contribution in [2.75, 3.05) is 5.32 Å². The molecular formula is C13H12N6O2S. The Morgan fingerprint density at radius 3 is 3.09 bits per heavy atom. The molecule has 2 N–H and O–H groups in total. The Morgan fingerprint density at radius 2 is 2.36 bits per heavy atom. The number of carbonyl (C=O) groups is 1. The third kappa shape index (κ3) is 3.31. The lowest BCUT2D eigenvalue weighted by atomic mass is 10.3. The molecule has 3 aromatic heterocycles. The van der Waals surface area contributed by atoms with Crippen molar-refractivity contribution in [1.29, 1.82) is 0 Å². The molecule has 0 saturated carbocycles. The van der Waals surface area contributed by atoms with E-state index in [-0.39, 0.29) is 11.9 Å². The second-order valence-corrected chi connectivity index (χ2v) is 5.33. The number of aromatic nitrogens is 5. The number of anilines is 1. The summed E-state index contributed by atoms with van der Waals surface area (Å²) in [6.45, 7) is 1.83. The molecule has 3 aromatic rings. The third-order valence-corrected chi connectivity index (χ3v) is 3.74. The number of aryl methyl sites for hydroxylation is 1. The quantitative estimate of drug-likeness (QED) is 0.693. The first-order valence-corrected chi connectivity index (χ1v) is 7.37. The lowest BCUT2D eigenvalue weighted by Crippen LogP contribution is -2.14. The number of hydrogen-bond donors (Lipinski definition) is 2. The summed E-state index contributed by atoms with van der Waals surface area (Å²) < 4.78 is 5.02. The molecule has 0 saturated heterocycles. The van der Waals surface area contributed by atoms with Crippen molar-refractivity contribution in [3.63, 3.8) is 0 Å². The standard InChI is InChI=1S/C13H12N6O2S/c1-8-5-9(19-21-8)6-22-12-10(3-2-4-14-12)11(20)17-13-15-7-16-18-13/h2-5,7H,6H2,1H3,(H2,15,16,17,18,20). The summed E-state index contributed by atoms with van der Waals surface area (Å²) in [7, 11) is 0. The van der Waals surface area contributed by atoms with Crippen molar-refractivity contribution in [2.45, 2.75) is 17.7 Å². The van der Waals surface area contributed by atoms with Gasteiger partial charge in [-0.2, -0.15) is 10.1 Å². The SMILES string of the molecule is Cc1cc(CSc2ncccc2C(=O)Nc2ncn[nH]2)no1. The molecule has 0 aliphatic carbocycles. The average molecular weight is 316 g/mol. The molecule has 112 valence electrons. The highest BCUT2D eigenvalue weighted by molar-refractivity contribution is 7.98. The van der Waals surface area contributed by atoms with Crippen molar-refractivity contribution in [1.82, 2.24) is 25.3 Å². The van der Waals surface area contributed by atoms with Gasteiger partial charge in [0.2, 0.25) is 5.95 Å². The molecular weight excluding hydrogens is 304 g/mol. The van der Waals surface area contributed by atoms with Gasteiger partial charge in [-0.3, -0.25) is 10.1 Å². The normalized spacial score (nSPS) is 10.6. The van der Waals surface area contributed by atoms with Crippen molar-refractivity contribution < 1.29 is 9.32 Å². The fourth-order valence-electron chi connectivity index (χ4n) is 1.75. The Hall–Kier alpha value is -2.68. The Morgan fingerprint density at radius 1 is 1.45 bits per heavy atom. The van der Waals surface area contributed by atoms with Gasteiger partial charge in [-0.25, -0.2) is 10.1 Å². The molecule has 9 heteroatoms. The number of nitrogens with one attached hydrogen (secondary N) is 2. The Labute approximate surface area is 129 Å². The molecule has 8 nitrogen and oxygen atoms in total. The van der Waals surface area contributed by atoms with E-state index in [9.17, 15) is 4.79 Å². The summed E-state index contributed by atoms with van der Waals surface area (Å²) in [5.74, 6) is 1.30. The maximum atomic E-state index is 12.3. The highest BCUT2D eigenvalue weighted by Gasteiger charge is 2.14. The zero-order valence-electron chi connectivity index (χ0n) is 11.6. The van der Waals surface area contributed by atoms with E-state index in [0.29, 0.717) is 16.3 Å². The Bertz CT molecular complexity index is 770. The smallest absolute Gasteiger partial charge is 0.260 e. The lowest BCUT2D eigenvalue weighted by molar-refractivity contribution is 0.102. The summed E-state index contributed by atoms with van der Waals surface area (Å²) in [4.78, 5) is 20.4. The van der Waals surface area contributed by atoms with E-state index in [1.807, 2.05) is 13.0 Å². The van der Waals surface area contributed by atoms with Crippen LogP contribution in [0.3, 0.4) is 0 Å². The highest BCUT2D eigenvalue weighted by atomic mass is 32.2. The maximum Gasteiger partial charge on any atom is 0.260 e. The van der Waals surface area contributed by atoms with Crippen molar-refractivity contribution >= 4 is 23.6 Å². The number of aromatic amines is 1. The van der Waals surface area contributed by atoms with Crippen LogP contribution in [0.1, 0.15) is 21.8 Å². The van der Waals surface area contributed by atoms with Crippen LogP contribution in [0.25, 0.3) is 0 Å². The second kappa shape index (κ2) is 6.39. The van der Waals surface area contributed by atoms with Gasteiger partial charge in [0.05, 0.1) is 11.3 Å². The number of amides is 1. The van der Waals surface area contributed by atoms with E-state index >= 15 is 0 Å². The van der Waals surface area contributed by atoms with E-state index in [0.717, 1.165) is 11.5 Å². The predicted molar refractivity (Wildman–Crippen MR) is 79.4 cm³/mol. The van der Waals surface area contributed by atoms with Gasteiger partial charge in [0, 0.05) is 18.0 Å². The van der Waals surface area contributed by atoms with Crippen molar-refractivity contribution in [3.05, 3.63) is 47.7 Å². The summed E-state index contributed by atoms with van der Waals surface area (Å²) in [6.07, 6.45) is 2.96. The number of rotatable bonds is 5. The van der Waals surface area contributed by atoms with E-state index in [1.54, 1.807) is 18.3 Å². The van der Waals surface area contributed by atoms with Gasteiger partial charge >= 0.3 is 0 Å². The van der Waals surface area contributed by atoms with Gasteiger partial charge < -0.3 is 4.52 Å². The molecule has 0 radical (unpaired) electrons. The predicted octanol–water partition coefficient (Wildman–Crippen LogP) is 2.04.